The minimum Gasteiger partial charge on any atom is -0.494 e. The lowest BCUT2D eigenvalue weighted by Gasteiger charge is -2.03. The van der Waals surface area contributed by atoms with Gasteiger partial charge in [-0.15, -0.1) is 0 Å². The zero-order valence-corrected chi connectivity index (χ0v) is 10.0. The Kier molecular flexibility index (Phi) is 4.01. The molecule has 0 aliphatic heterocycles. The highest BCUT2D eigenvalue weighted by atomic mass is 35.5. The Bertz CT molecular complexity index is 467. The zero-order chi connectivity index (χ0) is 12.1. The summed E-state index contributed by atoms with van der Waals surface area (Å²) in [6, 6.07) is 9.38. The Hall–Kier alpha value is -1.52. The fourth-order valence-electron chi connectivity index (χ4n) is 1.53. The van der Waals surface area contributed by atoms with Crippen molar-refractivity contribution < 1.29 is 5.11 Å². The van der Waals surface area contributed by atoms with Gasteiger partial charge < -0.3 is 10.4 Å². The predicted molar refractivity (Wildman–Crippen MR) is 67.1 cm³/mol. The van der Waals surface area contributed by atoms with E-state index in [-0.39, 0.29) is 5.88 Å². The van der Waals surface area contributed by atoms with Gasteiger partial charge in [-0.05, 0) is 17.7 Å². The molecule has 4 nitrogen and oxygen atoms in total. The molecule has 0 aliphatic rings. The molecule has 2 aromatic rings. The van der Waals surface area contributed by atoms with Crippen LogP contribution < -0.4 is 5.32 Å². The Morgan fingerprint density at radius 3 is 2.71 bits per heavy atom. The van der Waals surface area contributed by atoms with E-state index >= 15 is 0 Å². The molecule has 0 spiro atoms. The highest BCUT2D eigenvalue weighted by Gasteiger charge is 1.99. The molecule has 1 aromatic carbocycles. The molecule has 2 rings (SSSR count). The number of hydrogen-bond donors (Lipinski definition) is 3. The van der Waals surface area contributed by atoms with Crippen LogP contribution in [0, 0.1) is 0 Å². The molecule has 0 bridgehead atoms. The molecule has 0 saturated heterocycles. The van der Waals surface area contributed by atoms with E-state index in [4.69, 9.17) is 16.7 Å². The Morgan fingerprint density at radius 1 is 1.29 bits per heavy atom. The Labute approximate surface area is 105 Å². The van der Waals surface area contributed by atoms with E-state index < -0.39 is 0 Å². The smallest absolute Gasteiger partial charge is 0.206 e. The number of hydrogen-bond acceptors (Lipinski definition) is 3. The number of aromatic nitrogens is 2. The van der Waals surface area contributed by atoms with Crippen LogP contribution in [0.5, 0.6) is 5.88 Å². The van der Waals surface area contributed by atoms with Crippen molar-refractivity contribution in [3.05, 3.63) is 46.6 Å². The third-order valence-corrected chi connectivity index (χ3v) is 2.67. The van der Waals surface area contributed by atoms with Gasteiger partial charge in [0.05, 0.1) is 5.69 Å². The van der Waals surface area contributed by atoms with E-state index in [0.717, 1.165) is 30.2 Å². The number of aromatic hydroxyl groups is 1. The van der Waals surface area contributed by atoms with E-state index in [1.807, 2.05) is 24.3 Å². The van der Waals surface area contributed by atoms with Crippen molar-refractivity contribution in [3.63, 3.8) is 0 Å². The van der Waals surface area contributed by atoms with Crippen molar-refractivity contribution in [3.8, 4) is 5.88 Å². The normalized spacial score (nSPS) is 10.6. The second-order valence-electron chi connectivity index (χ2n) is 3.80. The average Bonchev–Trinajstić information content (AvgIpc) is 2.73. The average molecular weight is 252 g/mol. The summed E-state index contributed by atoms with van der Waals surface area (Å²) in [5, 5.41) is 19.5. The monoisotopic (exact) mass is 251 g/mol. The van der Waals surface area contributed by atoms with Crippen LogP contribution in [0.15, 0.2) is 30.3 Å². The number of benzene rings is 1. The first-order chi connectivity index (χ1) is 8.24. The van der Waals surface area contributed by atoms with Gasteiger partial charge >= 0.3 is 0 Å². The van der Waals surface area contributed by atoms with Crippen molar-refractivity contribution in [1.82, 2.24) is 15.5 Å². The third kappa shape index (κ3) is 3.76. The van der Waals surface area contributed by atoms with E-state index in [0.29, 0.717) is 0 Å². The lowest BCUT2D eigenvalue weighted by molar-refractivity contribution is 0.452. The molecule has 0 aliphatic carbocycles. The summed E-state index contributed by atoms with van der Waals surface area (Å²) in [6.07, 6.45) is 0.782. The van der Waals surface area contributed by atoms with Crippen molar-refractivity contribution >= 4 is 11.6 Å². The predicted octanol–water partition coefficient (Wildman–Crippen LogP) is 2.10. The Morgan fingerprint density at radius 2 is 2.06 bits per heavy atom. The van der Waals surface area contributed by atoms with E-state index in [2.05, 4.69) is 15.5 Å². The summed E-state index contributed by atoms with van der Waals surface area (Å²) in [7, 11) is 0. The minimum atomic E-state index is 0.109. The summed E-state index contributed by atoms with van der Waals surface area (Å²) >= 11 is 5.80. The largest absolute Gasteiger partial charge is 0.494 e. The van der Waals surface area contributed by atoms with Crippen LogP contribution in [0.2, 0.25) is 5.02 Å². The first-order valence-corrected chi connectivity index (χ1v) is 5.80. The lowest BCUT2D eigenvalue weighted by atomic mass is 10.2. The van der Waals surface area contributed by atoms with Crippen LogP contribution in [-0.2, 0) is 13.0 Å². The molecule has 5 heteroatoms. The molecule has 0 atom stereocenters. The van der Waals surface area contributed by atoms with Crippen molar-refractivity contribution in [2.24, 2.45) is 0 Å². The second-order valence-corrected chi connectivity index (χ2v) is 4.23. The van der Waals surface area contributed by atoms with Crippen molar-refractivity contribution in [2.75, 3.05) is 6.54 Å². The maximum Gasteiger partial charge on any atom is 0.206 e. The number of H-pyrrole nitrogens is 1. The van der Waals surface area contributed by atoms with Gasteiger partial charge in [0.25, 0.3) is 0 Å². The maximum absolute atomic E-state index is 9.06. The van der Waals surface area contributed by atoms with Gasteiger partial charge in [-0.25, -0.2) is 5.10 Å². The topological polar surface area (TPSA) is 60.9 Å². The highest BCUT2D eigenvalue weighted by molar-refractivity contribution is 6.30. The summed E-state index contributed by atoms with van der Waals surface area (Å²) in [5.41, 5.74) is 2.05. The van der Waals surface area contributed by atoms with E-state index in [1.165, 1.54) is 5.56 Å². The van der Waals surface area contributed by atoms with Crippen LogP contribution in [0.3, 0.4) is 0 Å². The maximum atomic E-state index is 9.06. The van der Waals surface area contributed by atoms with Gasteiger partial charge in [0.2, 0.25) is 5.88 Å². The molecule has 1 heterocycles. The first kappa shape index (κ1) is 12.0. The summed E-state index contributed by atoms with van der Waals surface area (Å²) in [4.78, 5) is 0. The number of rotatable bonds is 5. The fourth-order valence-corrected chi connectivity index (χ4v) is 1.66. The third-order valence-electron chi connectivity index (χ3n) is 2.42. The lowest BCUT2D eigenvalue weighted by Crippen LogP contribution is -2.16. The van der Waals surface area contributed by atoms with E-state index in [1.54, 1.807) is 6.07 Å². The first-order valence-electron chi connectivity index (χ1n) is 5.42. The molecule has 3 N–H and O–H groups in total. The number of nitrogens with one attached hydrogen (secondary N) is 2. The summed E-state index contributed by atoms with van der Waals surface area (Å²) in [6.45, 7) is 1.61. The molecule has 0 unspecified atom stereocenters. The fraction of sp³-hybridized carbons (Fsp3) is 0.250. The number of aromatic amines is 1. The van der Waals surface area contributed by atoms with Gasteiger partial charge in [-0.1, -0.05) is 23.7 Å². The summed E-state index contributed by atoms with van der Waals surface area (Å²) < 4.78 is 0. The Balaban J connectivity index is 1.71. The molecule has 0 amide bonds. The molecular formula is C12H14ClN3O. The van der Waals surface area contributed by atoms with Gasteiger partial charge in [0.15, 0.2) is 0 Å². The van der Waals surface area contributed by atoms with Crippen LogP contribution in [0.25, 0.3) is 0 Å². The minimum absolute atomic E-state index is 0.109. The quantitative estimate of drug-likeness (QED) is 0.714. The molecule has 1 aromatic heterocycles. The molecule has 0 saturated carbocycles. The number of nitrogens with zero attached hydrogens (tertiary/aromatic N) is 1. The van der Waals surface area contributed by atoms with Gasteiger partial charge in [-0.3, -0.25) is 0 Å². The van der Waals surface area contributed by atoms with Gasteiger partial charge in [-0.2, -0.15) is 5.10 Å². The van der Waals surface area contributed by atoms with Crippen LogP contribution in [0.1, 0.15) is 11.3 Å². The second kappa shape index (κ2) is 5.70. The van der Waals surface area contributed by atoms with Gasteiger partial charge in [0.1, 0.15) is 0 Å². The number of halogens is 1. The molecule has 90 valence electrons. The molecule has 0 fully saturated rings. The summed E-state index contributed by atoms with van der Waals surface area (Å²) in [5.74, 6) is 0.109. The van der Waals surface area contributed by atoms with Crippen LogP contribution >= 0.6 is 11.6 Å². The van der Waals surface area contributed by atoms with Crippen LogP contribution in [0.4, 0.5) is 0 Å². The van der Waals surface area contributed by atoms with E-state index in [9.17, 15) is 0 Å². The molecule has 0 radical (unpaired) electrons. The van der Waals surface area contributed by atoms with Crippen molar-refractivity contribution in [2.45, 2.75) is 13.0 Å². The van der Waals surface area contributed by atoms with Gasteiger partial charge in [0, 0.05) is 30.6 Å². The van der Waals surface area contributed by atoms with Crippen molar-refractivity contribution in [1.29, 1.82) is 0 Å². The standard InChI is InChI=1S/C12H14ClN3O/c13-10-3-1-9(2-4-10)8-14-6-5-11-7-12(17)16-15-11/h1-4,7,14H,5-6,8H2,(H2,15,16,17). The molecule has 17 heavy (non-hydrogen) atoms. The zero-order valence-electron chi connectivity index (χ0n) is 9.28. The molecular weight excluding hydrogens is 238 g/mol. The van der Waals surface area contributed by atoms with Crippen LogP contribution in [-0.4, -0.2) is 21.8 Å². The SMILES string of the molecule is Oc1cc(CCNCc2ccc(Cl)cc2)n[nH]1. The highest BCUT2D eigenvalue weighted by Crippen LogP contribution is 2.09.